The molecule has 0 bridgehead atoms. The summed E-state index contributed by atoms with van der Waals surface area (Å²) in [4.78, 5) is 1.19. The fourth-order valence-electron chi connectivity index (χ4n) is 1.68. The van der Waals surface area contributed by atoms with Gasteiger partial charge in [-0.05, 0) is 42.5 Å². The first kappa shape index (κ1) is 15.9. The number of hydrogen-bond acceptors (Lipinski definition) is 4. The smallest absolute Gasteiger partial charge is 0.179 e. The summed E-state index contributed by atoms with van der Waals surface area (Å²) in [6.45, 7) is 0. The monoisotopic (exact) mass is 337 g/mol. The van der Waals surface area contributed by atoms with Crippen LogP contribution in [0.1, 0.15) is 5.56 Å². The van der Waals surface area contributed by atoms with Crippen LogP contribution in [0, 0.1) is 11.3 Å². The molecule has 0 N–H and O–H groups in total. The Morgan fingerprint density at radius 1 is 1.14 bits per heavy atom. The molecule has 2 aromatic carbocycles. The molecule has 0 aliphatic rings. The van der Waals surface area contributed by atoms with Gasteiger partial charge in [0.05, 0.1) is 22.3 Å². The topological polar surface area (TPSA) is 57.9 Å². The molecule has 21 heavy (non-hydrogen) atoms. The highest BCUT2D eigenvalue weighted by molar-refractivity contribution is 8.00. The van der Waals surface area contributed by atoms with Crippen molar-refractivity contribution in [3.63, 3.8) is 0 Å². The maximum absolute atomic E-state index is 12.2. The largest absolute Gasteiger partial charge is 0.224 e. The molecule has 0 heterocycles. The predicted molar refractivity (Wildman–Crippen MR) is 85.4 cm³/mol. The third kappa shape index (κ3) is 4.50. The lowest BCUT2D eigenvalue weighted by atomic mass is 10.2. The quantitative estimate of drug-likeness (QED) is 0.779. The number of nitriles is 1. The summed E-state index contributed by atoms with van der Waals surface area (Å²) < 4.78 is 24.3. The third-order valence-electron chi connectivity index (χ3n) is 2.76. The Balaban J connectivity index is 1.99. The average Bonchev–Trinajstić information content (AvgIpc) is 2.47. The van der Waals surface area contributed by atoms with E-state index >= 15 is 0 Å². The summed E-state index contributed by atoms with van der Waals surface area (Å²) in [6.07, 6.45) is 0. The minimum Gasteiger partial charge on any atom is -0.224 e. The lowest BCUT2D eigenvalue weighted by molar-refractivity contribution is 0.597. The molecule has 0 aliphatic heterocycles. The molecule has 108 valence electrons. The molecule has 0 spiro atoms. The molecule has 0 unspecified atom stereocenters. The van der Waals surface area contributed by atoms with Crippen LogP contribution in [0.15, 0.2) is 58.3 Å². The highest BCUT2D eigenvalue weighted by Gasteiger charge is 2.14. The number of halogens is 1. The van der Waals surface area contributed by atoms with E-state index in [2.05, 4.69) is 0 Å². The molecule has 0 fully saturated rings. The van der Waals surface area contributed by atoms with E-state index in [0.29, 0.717) is 16.3 Å². The lowest BCUT2D eigenvalue weighted by Gasteiger charge is -2.05. The Morgan fingerprint density at radius 3 is 2.48 bits per heavy atom. The summed E-state index contributed by atoms with van der Waals surface area (Å²) in [5.41, 5.74) is 0.447. The van der Waals surface area contributed by atoms with Crippen LogP contribution in [-0.2, 0) is 9.84 Å². The second kappa shape index (κ2) is 6.99. The Morgan fingerprint density at radius 2 is 1.86 bits per heavy atom. The first-order chi connectivity index (χ1) is 10.0. The van der Waals surface area contributed by atoms with Gasteiger partial charge in [0.1, 0.15) is 0 Å². The van der Waals surface area contributed by atoms with E-state index < -0.39 is 9.84 Å². The molecule has 3 nitrogen and oxygen atoms in total. The standard InChI is InChI=1S/C15H12ClNO2S2/c16-13-2-1-3-14(10-13)20-8-9-21(18,19)15-6-4-12(11-17)5-7-15/h1-7,10H,8-9H2. The van der Waals surface area contributed by atoms with Crippen LogP contribution in [0.5, 0.6) is 0 Å². The highest BCUT2D eigenvalue weighted by atomic mass is 35.5. The Bertz CT molecular complexity index is 765. The van der Waals surface area contributed by atoms with Crippen molar-refractivity contribution in [1.29, 1.82) is 5.26 Å². The Hall–Kier alpha value is -1.48. The van der Waals surface area contributed by atoms with Crippen molar-refractivity contribution in [2.75, 3.05) is 11.5 Å². The summed E-state index contributed by atoms with van der Waals surface area (Å²) in [5.74, 6) is 0.485. The fraction of sp³-hybridized carbons (Fsp3) is 0.133. The number of rotatable bonds is 5. The van der Waals surface area contributed by atoms with E-state index in [-0.39, 0.29) is 10.6 Å². The zero-order valence-corrected chi connectivity index (χ0v) is 13.4. The summed E-state index contributed by atoms with van der Waals surface area (Å²) >= 11 is 7.33. The second-order valence-electron chi connectivity index (χ2n) is 4.26. The molecule has 2 rings (SSSR count). The van der Waals surface area contributed by atoms with Gasteiger partial charge in [0, 0.05) is 15.7 Å². The first-order valence-corrected chi connectivity index (χ1v) is 9.14. The van der Waals surface area contributed by atoms with Gasteiger partial charge in [-0.25, -0.2) is 8.42 Å². The van der Waals surface area contributed by atoms with Crippen molar-refractivity contribution >= 4 is 33.2 Å². The van der Waals surface area contributed by atoms with Crippen LogP contribution in [0.4, 0.5) is 0 Å². The average molecular weight is 338 g/mol. The van der Waals surface area contributed by atoms with Gasteiger partial charge >= 0.3 is 0 Å². The van der Waals surface area contributed by atoms with E-state index in [1.807, 2.05) is 18.2 Å². The normalized spacial score (nSPS) is 11.0. The number of sulfone groups is 1. The van der Waals surface area contributed by atoms with E-state index in [1.54, 1.807) is 12.1 Å². The zero-order chi connectivity index (χ0) is 15.3. The van der Waals surface area contributed by atoms with Crippen molar-refractivity contribution in [2.24, 2.45) is 0 Å². The summed E-state index contributed by atoms with van der Waals surface area (Å²) in [5, 5.41) is 9.34. The third-order valence-corrected chi connectivity index (χ3v) is 5.98. The van der Waals surface area contributed by atoms with E-state index in [4.69, 9.17) is 16.9 Å². The van der Waals surface area contributed by atoms with Crippen molar-refractivity contribution in [2.45, 2.75) is 9.79 Å². The Labute approximate surface area is 133 Å². The van der Waals surface area contributed by atoms with Gasteiger partial charge in [0.15, 0.2) is 9.84 Å². The van der Waals surface area contributed by atoms with Gasteiger partial charge in [0.25, 0.3) is 0 Å². The van der Waals surface area contributed by atoms with Crippen LogP contribution in [0.3, 0.4) is 0 Å². The minimum atomic E-state index is -3.33. The maximum Gasteiger partial charge on any atom is 0.179 e. The highest BCUT2D eigenvalue weighted by Crippen LogP contribution is 2.22. The lowest BCUT2D eigenvalue weighted by Crippen LogP contribution is -2.08. The van der Waals surface area contributed by atoms with Gasteiger partial charge < -0.3 is 0 Å². The van der Waals surface area contributed by atoms with Gasteiger partial charge in [-0.1, -0.05) is 17.7 Å². The fourth-order valence-corrected chi connectivity index (χ4v) is 4.55. The maximum atomic E-state index is 12.2. The van der Waals surface area contributed by atoms with Crippen molar-refractivity contribution < 1.29 is 8.42 Å². The zero-order valence-electron chi connectivity index (χ0n) is 11.0. The minimum absolute atomic E-state index is 0.0378. The molecule has 6 heteroatoms. The predicted octanol–water partition coefficient (Wildman–Crippen LogP) is 3.78. The van der Waals surface area contributed by atoms with Crippen LogP contribution >= 0.6 is 23.4 Å². The molecule has 0 atom stereocenters. The Kier molecular flexibility index (Phi) is 5.29. The van der Waals surface area contributed by atoms with Gasteiger partial charge in [-0.15, -0.1) is 11.8 Å². The molecule has 0 aliphatic carbocycles. The number of nitrogens with zero attached hydrogens (tertiary/aromatic N) is 1. The second-order valence-corrected chi connectivity index (χ2v) is 7.97. The molecular formula is C15H12ClNO2S2. The number of thioether (sulfide) groups is 1. The van der Waals surface area contributed by atoms with Crippen LogP contribution in [-0.4, -0.2) is 19.9 Å². The molecule has 2 aromatic rings. The summed E-state index contributed by atoms with van der Waals surface area (Å²) in [6, 6.07) is 15.2. The molecule has 0 radical (unpaired) electrons. The van der Waals surface area contributed by atoms with Crippen LogP contribution < -0.4 is 0 Å². The number of hydrogen-bond donors (Lipinski definition) is 0. The van der Waals surface area contributed by atoms with Crippen LogP contribution in [0.25, 0.3) is 0 Å². The van der Waals surface area contributed by atoms with Crippen molar-refractivity contribution in [1.82, 2.24) is 0 Å². The van der Waals surface area contributed by atoms with Gasteiger partial charge in [0.2, 0.25) is 0 Å². The van der Waals surface area contributed by atoms with E-state index in [9.17, 15) is 8.42 Å². The van der Waals surface area contributed by atoms with Crippen molar-refractivity contribution in [3.05, 3.63) is 59.1 Å². The van der Waals surface area contributed by atoms with Crippen molar-refractivity contribution in [3.8, 4) is 6.07 Å². The SMILES string of the molecule is N#Cc1ccc(S(=O)(=O)CCSc2cccc(Cl)c2)cc1. The molecule has 0 saturated heterocycles. The number of benzene rings is 2. The van der Waals surface area contributed by atoms with Crippen LogP contribution in [0.2, 0.25) is 5.02 Å². The summed E-state index contributed by atoms with van der Waals surface area (Å²) in [7, 11) is -3.33. The van der Waals surface area contributed by atoms with Gasteiger partial charge in [-0.3, -0.25) is 0 Å². The molecule has 0 saturated carbocycles. The van der Waals surface area contributed by atoms with Gasteiger partial charge in [-0.2, -0.15) is 5.26 Å². The first-order valence-electron chi connectivity index (χ1n) is 6.12. The van der Waals surface area contributed by atoms with E-state index in [1.165, 1.54) is 36.0 Å². The molecule has 0 aromatic heterocycles. The van der Waals surface area contributed by atoms with E-state index in [0.717, 1.165) is 4.90 Å². The molecular weight excluding hydrogens is 326 g/mol. The molecule has 0 amide bonds.